The van der Waals surface area contributed by atoms with Crippen molar-refractivity contribution in [2.24, 2.45) is 5.73 Å². The average Bonchev–Trinajstić information content (AvgIpc) is 2.70. The van der Waals surface area contributed by atoms with Crippen molar-refractivity contribution in [2.45, 2.75) is 31.7 Å². The first-order chi connectivity index (χ1) is 7.65. The third-order valence-corrected chi connectivity index (χ3v) is 4.36. The van der Waals surface area contributed by atoms with Gasteiger partial charge in [-0.05, 0) is 40.2 Å². The summed E-state index contributed by atoms with van der Waals surface area (Å²) in [7, 11) is 1.41. The van der Waals surface area contributed by atoms with Gasteiger partial charge in [-0.15, -0.1) is 11.3 Å². The number of halogens is 1. The number of esters is 1. The predicted octanol–water partition coefficient (Wildman–Crippen LogP) is 3.24. The summed E-state index contributed by atoms with van der Waals surface area (Å²) in [5.74, 6) is -0.147. The summed E-state index contributed by atoms with van der Waals surface area (Å²) in [6.45, 7) is 0. The molecule has 0 fully saturated rings. The van der Waals surface area contributed by atoms with E-state index >= 15 is 0 Å². The van der Waals surface area contributed by atoms with Gasteiger partial charge in [-0.1, -0.05) is 6.42 Å². The summed E-state index contributed by atoms with van der Waals surface area (Å²) in [4.78, 5) is 12.1. The fourth-order valence-electron chi connectivity index (χ4n) is 1.44. The Kier molecular flexibility index (Phi) is 6.01. The zero-order valence-corrected chi connectivity index (χ0v) is 11.6. The van der Waals surface area contributed by atoms with Gasteiger partial charge in [0.05, 0.1) is 7.11 Å². The Balaban J connectivity index is 2.23. The third kappa shape index (κ3) is 4.23. The van der Waals surface area contributed by atoms with Crippen LogP contribution < -0.4 is 5.73 Å². The molecule has 5 heteroatoms. The van der Waals surface area contributed by atoms with Crippen LogP contribution in [0.4, 0.5) is 0 Å². The van der Waals surface area contributed by atoms with Crippen LogP contribution in [0, 0.1) is 0 Å². The van der Waals surface area contributed by atoms with Crippen molar-refractivity contribution in [3.05, 3.63) is 20.8 Å². The highest BCUT2D eigenvalue weighted by molar-refractivity contribution is 9.10. The maximum atomic E-state index is 10.9. The van der Waals surface area contributed by atoms with E-state index in [1.165, 1.54) is 12.0 Å². The Morgan fingerprint density at radius 1 is 1.62 bits per heavy atom. The van der Waals surface area contributed by atoms with E-state index in [9.17, 15) is 4.79 Å². The van der Waals surface area contributed by atoms with E-state index < -0.39 is 0 Å². The number of hydrogen-bond acceptors (Lipinski definition) is 4. The number of nitrogens with two attached hydrogens (primary N) is 1. The van der Waals surface area contributed by atoms with Crippen LogP contribution in [0.15, 0.2) is 15.9 Å². The molecule has 0 radical (unpaired) electrons. The molecule has 0 saturated heterocycles. The highest BCUT2D eigenvalue weighted by Gasteiger charge is 2.11. The average molecular weight is 306 g/mol. The monoisotopic (exact) mass is 305 g/mol. The zero-order valence-electron chi connectivity index (χ0n) is 9.24. The molecular formula is C11H16BrNO2S. The van der Waals surface area contributed by atoms with Gasteiger partial charge < -0.3 is 10.5 Å². The molecule has 1 rings (SSSR count). The first kappa shape index (κ1) is 13.7. The van der Waals surface area contributed by atoms with Crippen molar-refractivity contribution in [3.63, 3.8) is 0 Å². The van der Waals surface area contributed by atoms with E-state index in [0.29, 0.717) is 6.42 Å². The molecule has 1 heterocycles. The van der Waals surface area contributed by atoms with Crippen LogP contribution in [0.3, 0.4) is 0 Å². The van der Waals surface area contributed by atoms with Gasteiger partial charge in [0, 0.05) is 21.8 Å². The lowest BCUT2D eigenvalue weighted by Crippen LogP contribution is -2.09. The topological polar surface area (TPSA) is 52.3 Å². The third-order valence-electron chi connectivity index (χ3n) is 2.36. The second-order valence-corrected chi connectivity index (χ2v) is 5.36. The molecule has 0 aromatic carbocycles. The Morgan fingerprint density at radius 2 is 2.38 bits per heavy atom. The lowest BCUT2D eigenvalue weighted by atomic mass is 10.1. The van der Waals surface area contributed by atoms with Gasteiger partial charge in [0.15, 0.2) is 0 Å². The largest absolute Gasteiger partial charge is 0.469 e. The van der Waals surface area contributed by atoms with Crippen LogP contribution in [-0.2, 0) is 9.53 Å². The van der Waals surface area contributed by atoms with Crippen LogP contribution in [0.2, 0.25) is 0 Å². The molecule has 16 heavy (non-hydrogen) atoms. The molecule has 0 aliphatic rings. The highest BCUT2D eigenvalue weighted by atomic mass is 79.9. The molecule has 1 aromatic rings. The van der Waals surface area contributed by atoms with E-state index in [0.717, 1.165) is 23.7 Å². The number of methoxy groups -OCH3 is 1. The highest BCUT2D eigenvalue weighted by Crippen LogP contribution is 2.30. The molecule has 0 aliphatic heterocycles. The lowest BCUT2D eigenvalue weighted by Gasteiger charge is -2.09. The number of thiophene rings is 1. The molecule has 90 valence electrons. The lowest BCUT2D eigenvalue weighted by molar-refractivity contribution is -0.140. The summed E-state index contributed by atoms with van der Waals surface area (Å²) in [5, 5.41) is 2.02. The van der Waals surface area contributed by atoms with Crippen molar-refractivity contribution in [3.8, 4) is 0 Å². The molecule has 0 saturated carbocycles. The minimum atomic E-state index is -0.147. The van der Waals surface area contributed by atoms with Gasteiger partial charge in [-0.3, -0.25) is 4.79 Å². The summed E-state index contributed by atoms with van der Waals surface area (Å²) >= 11 is 5.13. The van der Waals surface area contributed by atoms with Crippen LogP contribution in [0.1, 0.15) is 36.6 Å². The fraction of sp³-hybridized carbons (Fsp3) is 0.545. The van der Waals surface area contributed by atoms with Crippen molar-refractivity contribution in [1.29, 1.82) is 0 Å². The number of unbranched alkanes of at least 4 members (excludes halogenated alkanes) is 1. The smallest absolute Gasteiger partial charge is 0.305 e. The van der Waals surface area contributed by atoms with Crippen molar-refractivity contribution in [2.75, 3.05) is 7.11 Å². The Morgan fingerprint density at radius 3 is 2.94 bits per heavy atom. The first-order valence-corrected chi connectivity index (χ1v) is 6.87. The molecule has 1 atom stereocenters. The second-order valence-electron chi connectivity index (χ2n) is 3.56. The molecular weight excluding hydrogens is 290 g/mol. The first-order valence-electron chi connectivity index (χ1n) is 5.20. The van der Waals surface area contributed by atoms with E-state index in [4.69, 9.17) is 5.73 Å². The van der Waals surface area contributed by atoms with E-state index in [1.807, 2.05) is 11.4 Å². The number of carbonyl (C=O) groups is 1. The van der Waals surface area contributed by atoms with Gasteiger partial charge in [0.1, 0.15) is 0 Å². The molecule has 1 aromatic heterocycles. The molecule has 2 N–H and O–H groups in total. The van der Waals surface area contributed by atoms with Gasteiger partial charge >= 0.3 is 5.97 Å². The van der Waals surface area contributed by atoms with Gasteiger partial charge in [-0.2, -0.15) is 0 Å². The molecule has 0 amide bonds. The summed E-state index contributed by atoms with van der Waals surface area (Å²) in [6.07, 6.45) is 3.16. The van der Waals surface area contributed by atoms with Crippen molar-refractivity contribution < 1.29 is 9.53 Å². The van der Waals surface area contributed by atoms with Crippen molar-refractivity contribution in [1.82, 2.24) is 0 Å². The van der Waals surface area contributed by atoms with E-state index in [1.54, 1.807) is 11.3 Å². The SMILES string of the molecule is COC(=O)CCCCC(N)c1sccc1Br. The molecule has 0 spiro atoms. The molecule has 1 unspecified atom stereocenters. The zero-order chi connectivity index (χ0) is 12.0. The number of ether oxygens (including phenoxy) is 1. The number of carbonyl (C=O) groups excluding carboxylic acids is 1. The minimum Gasteiger partial charge on any atom is -0.469 e. The van der Waals surface area contributed by atoms with Crippen LogP contribution >= 0.6 is 27.3 Å². The molecule has 0 bridgehead atoms. The van der Waals surface area contributed by atoms with Crippen LogP contribution in [-0.4, -0.2) is 13.1 Å². The van der Waals surface area contributed by atoms with E-state index in [-0.39, 0.29) is 12.0 Å². The maximum Gasteiger partial charge on any atom is 0.305 e. The van der Waals surface area contributed by atoms with Crippen LogP contribution in [0.5, 0.6) is 0 Å². The second kappa shape index (κ2) is 7.04. The predicted molar refractivity (Wildman–Crippen MR) is 69.4 cm³/mol. The van der Waals surface area contributed by atoms with Gasteiger partial charge in [-0.25, -0.2) is 0 Å². The van der Waals surface area contributed by atoms with Crippen molar-refractivity contribution >= 4 is 33.2 Å². The standard InChI is InChI=1S/C11H16BrNO2S/c1-15-10(14)5-3-2-4-9(13)11-8(12)6-7-16-11/h6-7,9H,2-5,13H2,1H3. The van der Waals surface area contributed by atoms with E-state index in [2.05, 4.69) is 20.7 Å². The minimum absolute atomic E-state index is 0.0621. The summed E-state index contributed by atoms with van der Waals surface area (Å²) < 4.78 is 5.65. The molecule has 0 aliphatic carbocycles. The number of hydrogen-bond donors (Lipinski definition) is 1. The number of rotatable bonds is 6. The Hall–Kier alpha value is -0.390. The summed E-state index contributed by atoms with van der Waals surface area (Å²) in [6, 6.07) is 2.07. The quantitative estimate of drug-likeness (QED) is 0.648. The Labute approximate surface area is 108 Å². The molecule has 3 nitrogen and oxygen atoms in total. The van der Waals surface area contributed by atoms with Gasteiger partial charge in [0.2, 0.25) is 0 Å². The normalized spacial score (nSPS) is 12.4. The van der Waals surface area contributed by atoms with Gasteiger partial charge in [0.25, 0.3) is 0 Å². The van der Waals surface area contributed by atoms with Crippen LogP contribution in [0.25, 0.3) is 0 Å². The summed E-state index contributed by atoms with van der Waals surface area (Å²) in [5.41, 5.74) is 6.05. The Bertz CT molecular complexity index is 340. The maximum absolute atomic E-state index is 10.9. The fourth-order valence-corrected chi connectivity index (χ4v) is 3.14.